The first-order valence-corrected chi connectivity index (χ1v) is 13.2. The number of benzene rings is 2. The van der Waals surface area contributed by atoms with Crippen molar-refractivity contribution < 1.29 is 23.7 Å². The number of hydrogen-bond acceptors (Lipinski definition) is 9. The van der Waals surface area contributed by atoms with Gasteiger partial charge in [-0.3, -0.25) is 4.79 Å². The molecular weight excluding hydrogens is 522 g/mol. The molecule has 1 aromatic heterocycles. The van der Waals surface area contributed by atoms with Crippen LogP contribution in [0.1, 0.15) is 13.8 Å². The van der Waals surface area contributed by atoms with Crippen LogP contribution in [0.15, 0.2) is 48.8 Å². The standard InChI is InChI=1S/C28H36ClN5O5/c1-5-36-12-14-38-25-10-9-20(16-22(25)29)32-28-21-17-24(33-27(35)8-7-11-34(3)4)26(39-15-13-37-6-2)18-23(21)30-19-31-28/h7-10,16-19H,5-6,11-15H2,1-4H3,(H,33,35)(H,30,31,32)/b8-7+. The summed E-state index contributed by atoms with van der Waals surface area (Å²) >= 11 is 6.44. The van der Waals surface area contributed by atoms with Gasteiger partial charge in [0.05, 0.1) is 29.4 Å². The number of nitrogens with one attached hydrogen (secondary N) is 2. The van der Waals surface area contributed by atoms with Gasteiger partial charge < -0.3 is 34.5 Å². The SMILES string of the molecule is CCOCCOc1ccc(Nc2ncnc3cc(OCCOCC)c(NC(=O)/C=C/CN(C)C)cc23)cc1Cl. The molecule has 0 bridgehead atoms. The van der Waals surface area contributed by atoms with Gasteiger partial charge >= 0.3 is 0 Å². The molecule has 2 aromatic carbocycles. The number of hydrogen-bond donors (Lipinski definition) is 2. The van der Waals surface area contributed by atoms with Crippen molar-refractivity contribution in [3.63, 3.8) is 0 Å². The van der Waals surface area contributed by atoms with Crippen LogP contribution >= 0.6 is 11.6 Å². The molecule has 3 aromatic rings. The third kappa shape index (κ3) is 9.67. The van der Waals surface area contributed by atoms with Crippen LogP contribution in [0.4, 0.5) is 17.2 Å². The molecule has 0 saturated heterocycles. The van der Waals surface area contributed by atoms with Crippen LogP contribution < -0.4 is 20.1 Å². The van der Waals surface area contributed by atoms with E-state index in [-0.39, 0.29) is 5.91 Å². The second-order valence-corrected chi connectivity index (χ2v) is 9.01. The Kier molecular flexibility index (Phi) is 12.2. The molecule has 1 heterocycles. The number of nitrogens with zero attached hydrogens (tertiary/aromatic N) is 3. The number of fused-ring (bicyclic) bond motifs is 1. The van der Waals surface area contributed by atoms with Crippen LogP contribution in [0.25, 0.3) is 10.9 Å². The maximum atomic E-state index is 12.6. The van der Waals surface area contributed by atoms with E-state index < -0.39 is 0 Å². The lowest BCUT2D eigenvalue weighted by atomic mass is 10.1. The van der Waals surface area contributed by atoms with E-state index in [1.54, 1.807) is 30.3 Å². The van der Waals surface area contributed by atoms with Crippen molar-refractivity contribution in [2.45, 2.75) is 13.8 Å². The molecule has 11 heteroatoms. The summed E-state index contributed by atoms with van der Waals surface area (Å²) in [6, 6.07) is 8.96. The van der Waals surface area contributed by atoms with Crippen LogP contribution in [0.2, 0.25) is 5.02 Å². The number of anilines is 3. The Bertz CT molecular complexity index is 1250. The molecule has 0 spiro atoms. The monoisotopic (exact) mass is 557 g/mol. The molecule has 2 N–H and O–H groups in total. The molecule has 10 nitrogen and oxygen atoms in total. The highest BCUT2D eigenvalue weighted by atomic mass is 35.5. The number of amides is 1. The second-order valence-electron chi connectivity index (χ2n) is 8.60. The van der Waals surface area contributed by atoms with Gasteiger partial charge in [0.25, 0.3) is 0 Å². The summed E-state index contributed by atoms with van der Waals surface area (Å²) < 4.78 is 22.3. The largest absolute Gasteiger partial charge is 0.490 e. The predicted octanol–water partition coefficient (Wildman–Crippen LogP) is 4.91. The Morgan fingerprint density at radius 2 is 1.69 bits per heavy atom. The highest BCUT2D eigenvalue weighted by Gasteiger charge is 2.14. The van der Waals surface area contributed by atoms with Gasteiger partial charge in [0.2, 0.25) is 5.91 Å². The zero-order valence-electron chi connectivity index (χ0n) is 22.8. The number of rotatable bonds is 16. The fourth-order valence-corrected chi connectivity index (χ4v) is 3.72. The summed E-state index contributed by atoms with van der Waals surface area (Å²) in [5.41, 5.74) is 1.85. The van der Waals surface area contributed by atoms with Crippen molar-refractivity contribution in [2.75, 3.05) is 70.9 Å². The molecule has 0 atom stereocenters. The predicted molar refractivity (Wildman–Crippen MR) is 155 cm³/mol. The van der Waals surface area contributed by atoms with E-state index in [4.69, 9.17) is 30.5 Å². The summed E-state index contributed by atoms with van der Waals surface area (Å²) in [6.45, 7) is 7.36. The summed E-state index contributed by atoms with van der Waals surface area (Å²) in [6.07, 6.45) is 4.74. The average Bonchev–Trinajstić information content (AvgIpc) is 2.90. The van der Waals surface area contributed by atoms with E-state index in [1.807, 2.05) is 38.9 Å². The van der Waals surface area contributed by atoms with Crippen molar-refractivity contribution >= 4 is 45.6 Å². The summed E-state index contributed by atoms with van der Waals surface area (Å²) in [4.78, 5) is 23.4. The van der Waals surface area contributed by atoms with Crippen molar-refractivity contribution in [2.24, 2.45) is 0 Å². The highest BCUT2D eigenvalue weighted by Crippen LogP contribution is 2.34. The lowest BCUT2D eigenvalue weighted by Gasteiger charge is -2.15. The van der Waals surface area contributed by atoms with Gasteiger partial charge in [-0.15, -0.1) is 0 Å². The fraction of sp³-hybridized carbons (Fsp3) is 0.393. The van der Waals surface area contributed by atoms with Crippen molar-refractivity contribution in [3.8, 4) is 11.5 Å². The molecule has 3 rings (SSSR count). The highest BCUT2D eigenvalue weighted by molar-refractivity contribution is 6.32. The normalized spacial score (nSPS) is 11.3. The Hall–Kier alpha value is -3.44. The minimum absolute atomic E-state index is 0.274. The van der Waals surface area contributed by atoms with E-state index >= 15 is 0 Å². The number of carbonyl (C=O) groups is 1. The lowest BCUT2D eigenvalue weighted by Crippen LogP contribution is -2.14. The molecule has 1 amide bonds. The third-order valence-electron chi connectivity index (χ3n) is 5.31. The number of ether oxygens (including phenoxy) is 4. The summed E-state index contributed by atoms with van der Waals surface area (Å²) in [5, 5.41) is 7.35. The van der Waals surface area contributed by atoms with Crippen LogP contribution in [0.5, 0.6) is 11.5 Å². The lowest BCUT2D eigenvalue weighted by molar-refractivity contribution is -0.111. The maximum Gasteiger partial charge on any atom is 0.248 e. The van der Waals surface area contributed by atoms with Crippen LogP contribution in [0, 0.1) is 0 Å². The van der Waals surface area contributed by atoms with Gasteiger partial charge in [-0.05, 0) is 52.2 Å². The molecule has 0 aliphatic carbocycles. The van der Waals surface area contributed by atoms with E-state index in [0.29, 0.717) is 90.8 Å². The van der Waals surface area contributed by atoms with Gasteiger partial charge in [-0.1, -0.05) is 17.7 Å². The molecule has 0 radical (unpaired) electrons. The second kappa shape index (κ2) is 15.8. The molecular formula is C28H36ClN5O5. The zero-order valence-corrected chi connectivity index (χ0v) is 23.6. The molecule has 0 saturated carbocycles. The molecule has 0 unspecified atom stereocenters. The zero-order chi connectivity index (χ0) is 28.0. The Morgan fingerprint density at radius 3 is 2.36 bits per heavy atom. The topological polar surface area (TPSA) is 107 Å². The van der Waals surface area contributed by atoms with Gasteiger partial charge in [-0.25, -0.2) is 9.97 Å². The fourth-order valence-electron chi connectivity index (χ4n) is 3.49. The number of halogens is 1. The quantitative estimate of drug-likeness (QED) is 0.187. The number of carbonyl (C=O) groups excluding carboxylic acids is 1. The molecule has 210 valence electrons. The summed E-state index contributed by atoms with van der Waals surface area (Å²) in [7, 11) is 3.86. The van der Waals surface area contributed by atoms with E-state index in [9.17, 15) is 4.79 Å². The first-order chi connectivity index (χ1) is 18.9. The Morgan fingerprint density at radius 1 is 0.974 bits per heavy atom. The number of likely N-dealkylation sites (N-methyl/N-ethyl adjacent to an activating group) is 1. The van der Waals surface area contributed by atoms with Crippen LogP contribution in [-0.2, 0) is 14.3 Å². The van der Waals surface area contributed by atoms with Crippen molar-refractivity contribution in [1.29, 1.82) is 0 Å². The maximum absolute atomic E-state index is 12.6. The van der Waals surface area contributed by atoms with E-state index in [2.05, 4.69) is 20.6 Å². The number of aromatic nitrogens is 2. The van der Waals surface area contributed by atoms with E-state index in [1.165, 1.54) is 12.4 Å². The Labute approximate surface area is 234 Å². The summed E-state index contributed by atoms with van der Waals surface area (Å²) in [5.74, 6) is 1.32. The first-order valence-electron chi connectivity index (χ1n) is 12.8. The third-order valence-corrected chi connectivity index (χ3v) is 5.60. The van der Waals surface area contributed by atoms with Crippen molar-refractivity contribution in [1.82, 2.24) is 14.9 Å². The van der Waals surface area contributed by atoms with Gasteiger partial charge in [0.15, 0.2) is 0 Å². The van der Waals surface area contributed by atoms with Gasteiger partial charge in [0.1, 0.15) is 36.9 Å². The Balaban J connectivity index is 1.86. The molecule has 0 fully saturated rings. The first kappa shape index (κ1) is 30.1. The molecule has 39 heavy (non-hydrogen) atoms. The molecule has 0 aliphatic rings. The van der Waals surface area contributed by atoms with Gasteiger partial charge in [0, 0.05) is 43.0 Å². The van der Waals surface area contributed by atoms with Gasteiger partial charge in [-0.2, -0.15) is 0 Å². The van der Waals surface area contributed by atoms with E-state index in [0.717, 1.165) is 0 Å². The van der Waals surface area contributed by atoms with Crippen LogP contribution in [-0.4, -0.2) is 81.1 Å². The minimum Gasteiger partial charge on any atom is -0.490 e. The van der Waals surface area contributed by atoms with Crippen molar-refractivity contribution in [3.05, 3.63) is 53.8 Å². The molecule has 0 aliphatic heterocycles. The average molecular weight is 558 g/mol. The smallest absolute Gasteiger partial charge is 0.248 e. The minimum atomic E-state index is -0.274. The van der Waals surface area contributed by atoms with Crippen LogP contribution in [0.3, 0.4) is 0 Å².